The average molecular weight is 798 g/mol. The number of Topliss-reactive ketones (excluding diaryl/α,β-unsaturated/α-hetero) is 1. The predicted molar refractivity (Wildman–Crippen MR) is 207 cm³/mol. The van der Waals surface area contributed by atoms with Gasteiger partial charge < -0.3 is 39.2 Å². The third-order valence-electron chi connectivity index (χ3n) is 9.22. The number of nitrogens with two attached hydrogens (primary N) is 1. The van der Waals surface area contributed by atoms with Crippen LogP contribution in [-0.4, -0.2) is 65.0 Å². The number of amides is 2. The van der Waals surface area contributed by atoms with E-state index in [4.69, 9.17) is 34.2 Å². The van der Waals surface area contributed by atoms with E-state index in [-0.39, 0.29) is 63.3 Å². The molecule has 2 aromatic carbocycles. The van der Waals surface area contributed by atoms with Crippen LogP contribution in [0.4, 0.5) is 4.79 Å². The van der Waals surface area contributed by atoms with E-state index in [9.17, 15) is 33.9 Å². The first kappa shape index (κ1) is 42.4. The number of esters is 2. The number of amidine groups is 1. The molecule has 0 spiro atoms. The van der Waals surface area contributed by atoms with Gasteiger partial charge in [0, 0.05) is 29.7 Å². The number of carbonyl (C=O) groups is 5. The monoisotopic (exact) mass is 797 g/mol. The van der Waals surface area contributed by atoms with Crippen LogP contribution < -0.4 is 22.2 Å². The van der Waals surface area contributed by atoms with Crippen molar-refractivity contribution in [3.05, 3.63) is 116 Å². The number of rotatable bonds is 17. The van der Waals surface area contributed by atoms with E-state index >= 15 is 0 Å². The molecule has 0 saturated heterocycles. The van der Waals surface area contributed by atoms with Gasteiger partial charge in [0.05, 0.1) is 6.61 Å². The lowest BCUT2D eigenvalue weighted by Crippen LogP contribution is -2.37. The van der Waals surface area contributed by atoms with E-state index in [1.165, 1.54) is 49.4 Å². The van der Waals surface area contributed by atoms with Crippen LogP contribution in [0.2, 0.25) is 0 Å². The highest BCUT2D eigenvalue weighted by Gasteiger charge is 2.27. The van der Waals surface area contributed by atoms with E-state index in [1.807, 2.05) is 0 Å². The Labute approximate surface area is 332 Å². The van der Waals surface area contributed by atoms with E-state index in [0.717, 1.165) is 12.8 Å². The number of benzene rings is 2. The molecule has 1 atom stereocenters. The van der Waals surface area contributed by atoms with Gasteiger partial charge >= 0.3 is 23.9 Å². The van der Waals surface area contributed by atoms with Gasteiger partial charge in [-0.3, -0.25) is 25.1 Å². The summed E-state index contributed by atoms with van der Waals surface area (Å²) in [6.45, 7) is 7.52. The minimum atomic E-state index is -1.06. The maximum atomic E-state index is 14.1. The minimum Gasteiger partial charge on any atom is -0.441 e. The topological polar surface area (TPSA) is 263 Å². The van der Waals surface area contributed by atoms with Crippen LogP contribution in [0.5, 0.6) is 0 Å². The molecule has 0 bridgehead atoms. The van der Waals surface area contributed by atoms with E-state index < -0.39 is 61.6 Å². The van der Waals surface area contributed by atoms with Gasteiger partial charge in [-0.2, -0.15) is 0 Å². The summed E-state index contributed by atoms with van der Waals surface area (Å²) in [6, 6.07) is 11.1. The van der Waals surface area contributed by atoms with Gasteiger partial charge in [-0.25, -0.2) is 19.4 Å². The highest BCUT2D eigenvalue weighted by molar-refractivity contribution is 6.08. The van der Waals surface area contributed by atoms with Crippen LogP contribution >= 0.6 is 0 Å². The quantitative estimate of drug-likeness (QED) is 0.0330. The number of carbonyl (C=O) groups excluding carboxylic acids is 5. The van der Waals surface area contributed by atoms with Crippen molar-refractivity contribution in [1.82, 2.24) is 15.6 Å². The Hall–Kier alpha value is -6.72. The fraction of sp³-hybridized carbons (Fsp3) is 0.317. The number of hydrogen-bond donors (Lipinski definition) is 5. The fourth-order valence-corrected chi connectivity index (χ4v) is 5.55. The van der Waals surface area contributed by atoms with Crippen molar-refractivity contribution in [2.24, 2.45) is 17.6 Å². The highest BCUT2D eigenvalue weighted by Crippen LogP contribution is 2.32. The molecule has 1 aliphatic rings. The SMILES string of the molecule is C=Cc1cc(C(=O)Cc2ccc(C(=N)NC(=O)OCc3oc(=O)oc3C)cc2)c(-c2ccc(C(=O)NCC3CC3)nc2C(=O)OCOC(=O)[C@@H](N)C(C)C)cc1CO. The molecule has 5 rings (SSSR count). The van der Waals surface area contributed by atoms with E-state index in [2.05, 4.69) is 22.2 Å². The third kappa shape index (κ3) is 10.8. The first-order valence-corrected chi connectivity index (χ1v) is 18.2. The maximum absolute atomic E-state index is 14.1. The predicted octanol–water partition coefficient (Wildman–Crippen LogP) is 4.20. The highest BCUT2D eigenvalue weighted by atomic mass is 16.7. The van der Waals surface area contributed by atoms with Gasteiger partial charge in [0.1, 0.15) is 17.6 Å². The molecule has 1 saturated carbocycles. The molecule has 2 heterocycles. The van der Waals surface area contributed by atoms with Crippen LogP contribution in [0.15, 0.2) is 68.7 Å². The average Bonchev–Trinajstić information content (AvgIpc) is 3.99. The number of ether oxygens (including phenoxy) is 3. The molecular weight excluding hydrogens is 754 g/mol. The second kappa shape index (κ2) is 18.9. The zero-order chi connectivity index (χ0) is 42.1. The Kier molecular flexibility index (Phi) is 13.9. The molecule has 0 radical (unpaired) electrons. The maximum Gasteiger partial charge on any atom is 0.519 e. The zero-order valence-corrected chi connectivity index (χ0v) is 32.0. The molecule has 304 valence electrons. The minimum absolute atomic E-state index is 0.0245. The number of aliphatic hydroxyl groups excluding tert-OH is 1. The van der Waals surface area contributed by atoms with E-state index in [1.54, 1.807) is 26.0 Å². The van der Waals surface area contributed by atoms with Gasteiger partial charge in [0.25, 0.3) is 5.91 Å². The van der Waals surface area contributed by atoms with E-state index in [0.29, 0.717) is 29.2 Å². The summed E-state index contributed by atoms with van der Waals surface area (Å²) in [5.74, 6) is -3.74. The van der Waals surface area contributed by atoms with Crippen molar-refractivity contribution in [1.29, 1.82) is 5.41 Å². The second-order valence-corrected chi connectivity index (χ2v) is 13.8. The van der Waals surface area contributed by atoms with Gasteiger partial charge in [-0.15, -0.1) is 0 Å². The first-order chi connectivity index (χ1) is 27.7. The molecule has 17 heteroatoms. The van der Waals surface area contributed by atoms with Crippen LogP contribution in [-0.2, 0) is 38.6 Å². The molecule has 6 N–H and O–H groups in total. The Bertz CT molecular complexity index is 2290. The largest absolute Gasteiger partial charge is 0.519 e. The number of alkyl carbamates (subject to hydrolysis) is 1. The molecule has 1 fully saturated rings. The zero-order valence-electron chi connectivity index (χ0n) is 32.0. The normalized spacial score (nSPS) is 12.7. The number of ketones is 1. The Morgan fingerprint density at radius 3 is 2.38 bits per heavy atom. The lowest BCUT2D eigenvalue weighted by molar-refractivity contribution is -0.154. The van der Waals surface area contributed by atoms with Crippen LogP contribution in [0, 0.1) is 24.2 Å². The molecule has 0 unspecified atom stereocenters. The summed E-state index contributed by atoms with van der Waals surface area (Å²) in [5, 5.41) is 23.6. The summed E-state index contributed by atoms with van der Waals surface area (Å²) < 4.78 is 24.8. The molecule has 58 heavy (non-hydrogen) atoms. The molecule has 4 aromatic rings. The van der Waals surface area contributed by atoms with Crippen LogP contribution in [0.1, 0.15) is 91.8 Å². The fourth-order valence-electron chi connectivity index (χ4n) is 5.55. The Balaban J connectivity index is 1.39. The lowest BCUT2D eigenvalue weighted by Gasteiger charge is -2.17. The number of aromatic nitrogens is 1. The van der Waals surface area contributed by atoms with Gasteiger partial charge in [0.2, 0.25) is 6.79 Å². The van der Waals surface area contributed by atoms with Gasteiger partial charge in [-0.1, -0.05) is 50.8 Å². The smallest absolute Gasteiger partial charge is 0.441 e. The summed E-state index contributed by atoms with van der Waals surface area (Å²) in [6.07, 6.45) is 2.31. The number of hydrogen-bond acceptors (Lipinski definition) is 15. The number of aliphatic hydroxyl groups is 1. The van der Waals surface area contributed by atoms with Crippen molar-refractivity contribution >= 4 is 41.6 Å². The summed E-state index contributed by atoms with van der Waals surface area (Å²) in [5.41, 5.74) is 7.42. The van der Waals surface area contributed by atoms with Crippen LogP contribution in [0.25, 0.3) is 17.2 Å². The first-order valence-electron chi connectivity index (χ1n) is 18.2. The second-order valence-electron chi connectivity index (χ2n) is 13.8. The van der Waals surface area contributed by atoms with Gasteiger partial charge in [0.15, 0.2) is 29.6 Å². The van der Waals surface area contributed by atoms with Crippen molar-refractivity contribution in [3.8, 4) is 11.1 Å². The third-order valence-corrected chi connectivity index (χ3v) is 9.22. The molecular formula is C41H43N5O12. The molecule has 2 aromatic heterocycles. The number of nitrogens with zero attached hydrogens (tertiary/aromatic N) is 1. The summed E-state index contributed by atoms with van der Waals surface area (Å²) >= 11 is 0. The Morgan fingerprint density at radius 2 is 1.76 bits per heavy atom. The summed E-state index contributed by atoms with van der Waals surface area (Å²) in [4.78, 5) is 80.9. The van der Waals surface area contributed by atoms with Crippen molar-refractivity contribution in [2.75, 3.05) is 13.3 Å². The standard InChI is InChI=1S/C41H43N5O12/c1-5-25-15-30(32(48)14-23-8-10-26(11-9-23)36(43)46-40(52)54-19-33-22(4)57-41(53)58-33)29(16-27(25)18-47)28-12-13-31(37(49)44-17-24-6-7-24)45-35(28)39(51)56-20-55-38(50)34(42)21(2)3/h5,8-13,15-16,21,24,34,47H,1,6-7,14,17-20,42H2,2-4H3,(H,44,49)(H2,43,46,52)/t34-/m0/s1. The number of aryl methyl sites for hydroxylation is 1. The van der Waals surface area contributed by atoms with Crippen molar-refractivity contribution in [2.45, 2.75) is 59.3 Å². The lowest BCUT2D eigenvalue weighted by atomic mass is 9.89. The Morgan fingerprint density at radius 1 is 1.03 bits per heavy atom. The molecule has 0 aliphatic heterocycles. The molecule has 1 aliphatic carbocycles. The number of nitrogens with one attached hydrogen (secondary N) is 3. The van der Waals surface area contributed by atoms with Crippen LogP contribution in [0.3, 0.4) is 0 Å². The number of pyridine rings is 1. The van der Waals surface area contributed by atoms with Crippen molar-refractivity contribution < 1.29 is 52.1 Å². The summed E-state index contributed by atoms with van der Waals surface area (Å²) in [7, 11) is 0. The molecule has 17 nitrogen and oxygen atoms in total. The van der Waals surface area contributed by atoms with Crippen molar-refractivity contribution in [3.63, 3.8) is 0 Å². The molecule has 2 amide bonds. The van der Waals surface area contributed by atoms with Gasteiger partial charge in [-0.05, 0) is 78.1 Å².